The van der Waals surface area contributed by atoms with Gasteiger partial charge in [0.05, 0.1) is 0 Å². The lowest BCUT2D eigenvalue weighted by atomic mass is 9.98. The molecule has 1 aliphatic carbocycles. The number of hydrogen-bond donors (Lipinski definition) is 2. The molecule has 0 aromatic heterocycles. The van der Waals surface area contributed by atoms with Crippen LogP contribution in [-0.2, 0) is 9.53 Å². The zero-order valence-electron chi connectivity index (χ0n) is 17.7. The molecule has 0 bridgehead atoms. The van der Waals surface area contributed by atoms with Gasteiger partial charge in [-0.2, -0.15) is 23.5 Å². The van der Waals surface area contributed by atoms with Gasteiger partial charge in [-0.1, -0.05) is 55.5 Å². The van der Waals surface area contributed by atoms with Crippen LogP contribution in [0.25, 0.3) is 11.1 Å². The number of benzene rings is 2. The van der Waals surface area contributed by atoms with E-state index in [2.05, 4.69) is 36.5 Å². The average Bonchev–Trinajstić information content (AvgIpc) is 3.10. The maximum atomic E-state index is 12.3. The fourth-order valence-corrected chi connectivity index (χ4v) is 5.53. The Balaban J connectivity index is 1.49. The highest BCUT2D eigenvalue weighted by atomic mass is 32.2. The van der Waals surface area contributed by atoms with Crippen molar-refractivity contribution in [2.24, 2.45) is 0 Å². The minimum absolute atomic E-state index is 0.0435. The first-order chi connectivity index (χ1) is 15.1. The summed E-state index contributed by atoms with van der Waals surface area (Å²) < 4.78 is 5.47. The molecule has 5 nitrogen and oxygen atoms in total. The minimum atomic E-state index is -1.03. The molecule has 0 saturated heterocycles. The molecule has 1 atom stereocenters. The van der Waals surface area contributed by atoms with E-state index in [4.69, 9.17) is 4.74 Å². The second kappa shape index (κ2) is 12.1. The molecule has 7 heteroatoms. The molecule has 0 saturated carbocycles. The summed E-state index contributed by atoms with van der Waals surface area (Å²) >= 11 is 3.64. The van der Waals surface area contributed by atoms with E-state index in [1.165, 1.54) is 0 Å². The van der Waals surface area contributed by atoms with E-state index in [1.807, 2.05) is 36.0 Å². The van der Waals surface area contributed by atoms with Crippen LogP contribution in [0.1, 0.15) is 36.8 Å². The standard InChI is InChI=1S/C24H29NO4S2/c1-2-30-13-7-14-31-15-12-22(23(26)27)25-24(28)29-16-21-19-10-5-3-8-17(19)18-9-4-6-11-20(18)21/h3-6,8-11,21-22H,2,7,12-16H2,1H3,(H,25,28)(H,26,27). The maximum Gasteiger partial charge on any atom is 0.407 e. The van der Waals surface area contributed by atoms with Gasteiger partial charge in [0.1, 0.15) is 12.6 Å². The predicted octanol–water partition coefficient (Wildman–Crippen LogP) is 5.24. The van der Waals surface area contributed by atoms with Gasteiger partial charge in [-0.25, -0.2) is 9.59 Å². The summed E-state index contributed by atoms with van der Waals surface area (Å²) in [7, 11) is 0. The predicted molar refractivity (Wildman–Crippen MR) is 129 cm³/mol. The Morgan fingerprint density at radius 1 is 1.00 bits per heavy atom. The molecule has 0 fully saturated rings. The molecule has 0 radical (unpaired) electrons. The Hall–Kier alpha value is -2.12. The molecule has 1 aliphatic rings. The third-order valence-corrected chi connectivity index (χ3v) is 7.35. The number of carbonyl (C=O) groups excluding carboxylic acids is 1. The molecular weight excluding hydrogens is 430 g/mol. The molecule has 2 aromatic rings. The average molecular weight is 460 g/mol. The number of carbonyl (C=O) groups is 2. The quantitative estimate of drug-likeness (QED) is 0.423. The monoisotopic (exact) mass is 459 g/mol. The van der Waals surface area contributed by atoms with Gasteiger partial charge in [0.25, 0.3) is 0 Å². The number of ether oxygens (including phenoxy) is 1. The van der Waals surface area contributed by atoms with Crippen LogP contribution in [0.2, 0.25) is 0 Å². The van der Waals surface area contributed by atoms with Crippen LogP contribution in [0, 0.1) is 0 Å². The Bertz CT molecular complexity index is 844. The Kier molecular flexibility index (Phi) is 9.15. The van der Waals surface area contributed by atoms with Gasteiger partial charge in [-0.15, -0.1) is 0 Å². The van der Waals surface area contributed by atoms with Gasteiger partial charge in [0, 0.05) is 5.92 Å². The van der Waals surface area contributed by atoms with Crippen molar-refractivity contribution < 1.29 is 19.4 Å². The Labute approximate surface area is 192 Å². The first-order valence-electron chi connectivity index (χ1n) is 10.6. The van der Waals surface area contributed by atoms with E-state index in [1.54, 1.807) is 11.8 Å². The van der Waals surface area contributed by atoms with Crippen LogP contribution in [-0.4, -0.2) is 52.8 Å². The fraction of sp³-hybridized carbons (Fsp3) is 0.417. The molecule has 3 rings (SSSR count). The first-order valence-corrected chi connectivity index (χ1v) is 12.9. The third-order valence-electron chi connectivity index (χ3n) is 5.27. The zero-order chi connectivity index (χ0) is 22.1. The fourth-order valence-electron chi connectivity index (χ4n) is 3.75. The van der Waals surface area contributed by atoms with Crippen LogP contribution >= 0.6 is 23.5 Å². The molecule has 0 aliphatic heterocycles. The van der Waals surface area contributed by atoms with Gasteiger partial charge >= 0.3 is 12.1 Å². The second-order valence-electron chi connectivity index (χ2n) is 7.31. The summed E-state index contributed by atoms with van der Waals surface area (Å²) in [6.45, 7) is 2.32. The molecule has 31 heavy (non-hydrogen) atoms. The molecule has 2 aromatic carbocycles. The zero-order valence-corrected chi connectivity index (χ0v) is 19.3. The van der Waals surface area contributed by atoms with Crippen LogP contribution in [0.3, 0.4) is 0 Å². The lowest BCUT2D eigenvalue weighted by Crippen LogP contribution is -2.41. The van der Waals surface area contributed by atoms with Gasteiger partial charge < -0.3 is 15.2 Å². The van der Waals surface area contributed by atoms with E-state index >= 15 is 0 Å². The summed E-state index contributed by atoms with van der Waals surface area (Å²) in [5.74, 6) is 2.87. The van der Waals surface area contributed by atoms with Crippen LogP contribution < -0.4 is 5.32 Å². The molecule has 0 heterocycles. The maximum absolute atomic E-state index is 12.3. The van der Waals surface area contributed by atoms with Crippen molar-refractivity contribution in [3.05, 3.63) is 59.7 Å². The molecule has 1 amide bonds. The molecule has 1 unspecified atom stereocenters. The van der Waals surface area contributed by atoms with Crippen LogP contribution in [0.15, 0.2) is 48.5 Å². The summed E-state index contributed by atoms with van der Waals surface area (Å²) in [5, 5.41) is 12.0. The number of aliphatic carboxylic acids is 1. The lowest BCUT2D eigenvalue weighted by molar-refractivity contribution is -0.139. The van der Waals surface area contributed by atoms with Crippen molar-refractivity contribution in [2.75, 3.05) is 29.6 Å². The van der Waals surface area contributed by atoms with Crippen molar-refractivity contribution in [3.8, 4) is 11.1 Å². The number of thioether (sulfide) groups is 2. The van der Waals surface area contributed by atoms with Crippen molar-refractivity contribution in [1.29, 1.82) is 0 Å². The van der Waals surface area contributed by atoms with Gasteiger partial charge in [-0.3, -0.25) is 0 Å². The van der Waals surface area contributed by atoms with E-state index in [9.17, 15) is 14.7 Å². The number of hydrogen-bond acceptors (Lipinski definition) is 5. The highest BCUT2D eigenvalue weighted by molar-refractivity contribution is 8.00. The summed E-state index contributed by atoms with van der Waals surface area (Å²) in [4.78, 5) is 23.9. The number of carboxylic acid groups (broad SMARTS) is 1. The van der Waals surface area contributed by atoms with Crippen LogP contribution in [0.4, 0.5) is 4.79 Å². The normalized spacial score (nSPS) is 13.3. The number of nitrogens with one attached hydrogen (secondary N) is 1. The summed E-state index contributed by atoms with van der Waals surface area (Å²) in [6, 6.07) is 15.3. The van der Waals surface area contributed by atoms with E-state index in [0.29, 0.717) is 12.2 Å². The van der Waals surface area contributed by atoms with Crippen molar-refractivity contribution in [3.63, 3.8) is 0 Å². The van der Waals surface area contributed by atoms with Gasteiger partial charge in [0.15, 0.2) is 0 Å². The number of carboxylic acids is 1. The summed E-state index contributed by atoms with van der Waals surface area (Å²) in [6.07, 6.45) is 0.810. The highest BCUT2D eigenvalue weighted by Crippen LogP contribution is 2.44. The van der Waals surface area contributed by atoms with E-state index < -0.39 is 18.1 Å². The smallest absolute Gasteiger partial charge is 0.407 e. The highest BCUT2D eigenvalue weighted by Gasteiger charge is 2.29. The first kappa shape index (κ1) is 23.5. The lowest BCUT2D eigenvalue weighted by Gasteiger charge is -2.17. The summed E-state index contributed by atoms with van der Waals surface area (Å²) in [5.41, 5.74) is 4.57. The Morgan fingerprint density at radius 2 is 1.61 bits per heavy atom. The van der Waals surface area contributed by atoms with Crippen molar-refractivity contribution in [1.82, 2.24) is 5.32 Å². The van der Waals surface area contributed by atoms with E-state index in [0.717, 1.165) is 45.9 Å². The van der Waals surface area contributed by atoms with E-state index in [-0.39, 0.29) is 12.5 Å². The topological polar surface area (TPSA) is 75.6 Å². The SMILES string of the molecule is CCSCCCSCCC(NC(=O)OCC1c2ccccc2-c2ccccc21)C(=O)O. The molecule has 2 N–H and O–H groups in total. The third kappa shape index (κ3) is 6.43. The number of fused-ring (bicyclic) bond motifs is 3. The van der Waals surface area contributed by atoms with Gasteiger partial charge in [-0.05, 0) is 58.1 Å². The minimum Gasteiger partial charge on any atom is -0.480 e. The van der Waals surface area contributed by atoms with Crippen molar-refractivity contribution in [2.45, 2.75) is 31.7 Å². The number of alkyl carbamates (subject to hydrolysis) is 1. The van der Waals surface area contributed by atoms with Crippen molar-refractivity contribution >= 4 is 35.6 Å². The molecule has 166 valence electrons. The molecule has 0 spiro atoms. The van der Waals surface area contributed by atoms with Gasteiger partial charge in [0.2, 0.25) is 0 Å². The Morgan fingerprint density at radius 3 is 2.23 bits per heavy atom. The molecular formula is C24H29NO4S2. The number of rotatable bonds is 12. The van der Waals surface area contributed by atoms with Crippen LogP contribution in [0.5, 0.6) is 0 Å². The largest absolute Gasteiger partial charge is 0.480 e. The number of amides is 1. The second-order valence-corrected chi connectivity index (χ2v) is 9.93.